The highest BCUT2D eigenvalue weighted by Gasteiger charge is 2.78. The van der Waals surface area contributed by atoms with Crippen molar-refractivity contribution in [1.82, 2.24) is 4.90 Å². The molecule has 1 spiro atoms. The highest BCUT2D eigenvalue weighted by atomic mass is 16.5. The molecule has 1 aromatic rings. The number of likely N-dealkylation sites (tertiary alicyclic amines) is 1. The molecule has 1 saturated heterocycles. The van der Waals surface area contributed by atoms with Crippen molar-refractivity contribution in [2.75, 3.05) is 20.2 Å². The zero-order valence-corrected chi connectivity index (χ0v) is 17.0. The van der Waals surface area contributed by atoms with E-state index in [0.717, 1.165) is 49.4 Å². The summed E-state index contributed by atoms with van der Waals surface area (Å²) in [6.07, 6.45) is 5.63. The minimum atomic E-state index is -0.964. The lowest BCUT2D eigenvalue weighted by Gasteiger charge is -2.66. The van der Waals surface area contributed by atoms with Crippen LogP contribution in [-0.4, -0.2) is 53.2 Å². The normalized spacial score (nSPS) is 41.0. The average Bonchev–Trinajstić information content (AvgIpc) is 3.44. The number of methoxy groups -OCH3 is 1. The zero-order chi connectivity index (χ0) is 19.5. The number of ketones is 1. The second-order valence-electron chi connectivity index (χ2n) is 9.87. The van der Waals surface area contributed by atoms with Crippen LogP contribution in [0.25, 0.3) is 0 Å². The van der Waals surface area contributed by atoms with E-state index >= 15 is 0 Å². The first-order valence-electron chi connectivity index (χ1n) is 10.8. The van der Waals surface area contributed by atoms with E-state index in [0.29, 0.717) is 12.2 Å². The molecule has 2 heterocycles. The summed E-state index contributed by atoms with van der Waals surface area (Å²) in [6, 6.07) is 2.38. The van der Waals surface area contributed by atoms with Crippen molar-refractivity contribution < 1.29 is 19.4 Å². The Labute approximate surface area is 166 Å². The van der Waals surface area contributed by atoms with Gasteiger partial charge in [0.2, 0.25) is 0 Å². The number of ether oxygens (including phenoxy) is 2. The van der Waals surface area contributed by atoms with Crippen LogP contribution in [0.4, 0.5) is 0 Å². The number of rotatable bonds is 3. The van der Waals surface area contributed by atoms with Gasteiger partial charge in [-0.1, -0.05) is 6.07 Å². The molecule has 150 valence electrons. The van der Waals surface area contributed by atoms with Crippen LogP contribution < -0.4 is 4.74 Å². The first kappa shape index (κ1) is 17.3. The van der Waals surface area contributed by atoms with Crippen LogP contribution in [0.1, 0.15) is 55.7 Å². The van der Waals surface area contributed by atoms with Gasteiger partial charge in [0.05, 0.1) is 11.0 Å². The number of Topliss-reactive ketones (excluding diaryl/α,β-unsaturated/α-hetero) is 1. The molecule has 3 fully saturated rings. The third-order valence-electron chi connectivity index (χ3n) is 8.77. The van der Waals surface area contributed by atoms with E-state index in [2.05, 4.69) is 11.0 Å². The lowest BCUT2D eigenvalue weighted by Crippen LogP contribution is -2.80. The molecule has 4 atom stereocenters. The number of carbonyl (C=O) groups excluding carboxylic acids is 1. The number of carbonyl (C=O) groups is 1. The minimum Gasteiger partial charge on any atom is -0.504 e. The highest BCUT2D eigenvalue weighted by molar-refractivity contribution is 5.94. The molecule has 2 saturated carbocycles. The Bertz CT molecular complexity index is 908. The minimum absolute atomic E-state index is 0.149. The van der Waals surface area contributed by atoms with Crippen molar-refractivity contribution in [2.24, 2.45) is 5.92 Å². The number of hydrogen-bond donors (Lipinski definition) is 1. The Hall–Kier alpha value is -1.59. The predicted octanol–water partition coefficient (Wildman–Crippen LogP) is 2.88. The molecule has 0 radical (unpaired) electrons. The molecule has 0 unspecified atom stereocenters. The van der Waals surface area contributed by atoms with E-state index in [1.807, 2.05) is 21.0 Å². The quantitative estimate of drug-likeness (QED) is 0.870. The summed E-state index contributed by atoms with van der Waals surface area (Å²) in [6.45, 7) is 5.98. The second-order valence-corrected chi connectivity index (χ2v) is 9.87. The number of hydrogen-bond acceptors (Lipinski definition) is 5. The molecule has 0 amide bonds. The zero-order valence-electron chi connectivity index (χ0n) is 17.0. The van der Waals surface area contributed by atoms with Crippen LogP contribution in [0.2, 0.25) is 0 Å². The van der Waals surface area contributed by atoms with Crippen molar-refractivity contribution in [3.8, 4) is 11.5 Å². The number of nitrogens with zero attached hydrogens (tertiary/aromatic N) is 1. The Balaban J connectivity index is 1.64. The Morgan fingerprint density at radius 1 is 1.36 bits per heavy atom. The molecule has 5 aliphatic rings. The van der Waals surface area contributed by atoms with Crippen molar-refractivity contribution in [3.05, 3.63) is 22.8 Å². The smallest absolute Gasteiger partial charge is 0.177 e. The second kappa shape index (κ2) is 5.11. The standard InChI is InChI=1S/C23H29NO4/c1-13-10-15-11-16-23(27-3)7-6-17(25)21(2)22(23,18(15)20(28-21)19(13)26)8-9-24(16)12-14-4-5-14/h10,14,16,26H,4-9,11-12H2,1-3H3/t16-,21+,22+,23-/m1/s1. The maximum Gasteiger partial charge on any atom is 0.177 e. The summed E-state index contributed by atoms with van der Waals surface area (Å²) < 4.78 is 12.9. The van der Waals surface area contributed by atoms with Crippen molar-refractivity contribution in [1.29, 1.82) is 0 Å². The molecule has 1 aromatic carbocycles. The van der Waals surface area contributed by atoms with Crippen LogP contribution in [0.15, 0.2) is 6.07 Å². The molecule has 28 heavy (non-hydrogen) atoms. The predicted molar refractivity (Wildman–Crippen MR) is 104 cm³/mol. The van der Waals surface area contributed by atoms with Gasteiger partial charge in [-0.3, -0.25) is 9.69 Å². The van der Waals surface area contributed by atoms with Crippen molar-refractivity contribution in [2.45, 2.75) is 75.0 Å². The van der Waals surface area contributed by atoms with Crippen LogP contribution in [-0.2, 0) is 21.4 Å². The van der Waals surface area contributed by atoms with E-state index in [1.165, 1.54) is 18.4 Å². The van der Waals surface area contributed by atoms with Gasteiger partial charge in [-0.2, -0.15) is 0 Å². The van der Waals surface area contributed by atoms with Gasteiger partial charge in [-0.15, -0.1) is 0 Å². The van der Waals surface area contributed by atoms with E-state index < -0.39 is 16.6 Å². The molecule has 2 bridgehead atoms. The lowest BCUT2D eigenvalue weighted by atomic mass is 9.45. The Morgan fingerprint density at radius 3 is 2.86 bits per heavy atom. The molecule has 3 aliphatic carbocycles. The number of piperidine rings is 1. The van der Waals surface area contributed by atoms with E-state index in [1.54, 1.807) is 0 Å². The van der Waals surface area contributed by atoms with Gasteiger partial charge >= 0.3 is 0 Å². The van der Waals surface area contributed by atoms with Crippen molar-refractivity contribution >= 4 is 5.78 Å². The van der Waals surface area contributed by atoms with Crippen LogP contribution in [0.5, 0.6) is 11.5 Å². The number of aryl methyl sites for hydroxylation is 1. The summed E-state index contributed by atoms with van der Waals surface area (Å²) in [7, 11) is 1.82. The topological polar surface area (TPSA) is 59.0 Å². The Morgan fingerprint density at radius 2 is 2.14 bits per heavy atom. The number of benzene rings is 1. The number of phenolic OH excluding ortho intramolecular Hbond substituents is 1. The molecule has 5 nitrogen and oxygen atoms in total. The van der Waals surface area contributed by atoms with Gasteiger partial charge in [-0.05, 0) is 69.5 Å². The maximum absolute atomic E-state index is 13.3. The van der Waals surface area contributed by atoms with E-state index in [-0.39, 0.29) is 17.6 Å². The summed E-state index contributed by atoms with van der Waals surface area (Å²) in [5.74, 6) is 1.71. The van der Waals surface area contributed by atoms with Gasteiger partial charge in [0.15, 0.2) is 22.9 Å². The molecular formula is C23H29NO4. The fourth-order valence-corrected chi connectivity index (χ4v) is 7.32. The molecule has 5 heteroatoms. The fourth-order valence-electron chi connectivity index (χ4n) is 7.32. The van der Waals surface area contributed by atoms with Gasteiger partial charge in [0.1, 0.15) is 0 Å². The summed E-state index contributed by atoms with van der Waals surface area (Å²) in [5, 5.41) is 10.8. The third-order valence-corrected chi connectivity index (χ3v) is 8.77. The largest absolute Gasteiger partial charge is 0.504 e. The molecule has 0 aromatic heterocycles. The monoisotopic (exact) mass is 383 g/mol. The molecule has 1 N–H and O–H groups in total. The van der Waals surface area contributed by atoms with Crippen molar-refractivity contribution in [3.63, 3.8) is 0 Å². The third kappa shape index (κ3) is 1.67. The number of phenols is 1. The fraction of sp³-hybridized carbons (Fsp3) is 0.696. The van der Waals surface area contributed by atoms with Crippen LogP contribution in [0, 0.1) is 12.8 Å². The maximum atomic E-state index is 13.3. The van der Waals surface area contributed by atoms with Crippen LogP contribution in [0.3, 0.4) is 0 Å². The summed E-state index contributed by atoms with van der Waals surface area (Å²) >= 11 is 0. The summed E-state index contributed by atoms with van der Waals surface area (Å²) in [5.41, 5.74) is 1.22. The van der Waals surface area contributed by atoms with Gasteiger partial charge in [0, 0.05) is 31.7 Å². The number of aromatic hydroxyl groups is 1. The van der Waals surface area contributed by atoms with Gasteiger partial charge < -0.3 is 14.6 Å². The van der Waals surface area contributed by atoms with Gasteiger partial charge in [-0.25, -0.2) is 0 Å². The molecule has 2 aliphatic heterocycles. The average molecular weight is 383 g/mol. The molecular weight excluding hydrogens is 354 g/mol. The first-order chi connectivity index (χ1) is 13.4. The first-order valence-corrected chi connectivity index (χ1v) is 10.8. The SMILES string of the molecule is CO[C@@]12CCC(=O)[C@]3(C)Oc4c(O)c(C)cc5c4[C@@]31CCN(CC1CC1)[C@@H]2C5. The van der Waals surface area contributed by atoms with Gasteiger partial charge in [0.25, 0.3) is 0 Å². The summed E-state index contributed by atoms with van der Waals surface area (Å²) in [4.78, 5) is 15.9. The highest BCUT2D eigenvalue weighted by Crippen LogP contribution is 2.69. The lowest BCUT2D eigenvalue weighted by molar-refractivity contribution is -0.221. The molecule has 6 rings (SSSR count). The Kier molecular flexibility index (Phi) is 3.16. The van der Waals surface area contributed by atoms with E-state index in [9.17, 15) is 9.90 Å². The van der Waals surface area contributed by atoms with E-state index in [4.69, 9.17) is 9.47 Å². The van der Waals surface area contributed by atoms with Crippen LogP contribution >= 0.6 is 0 Å².